The summed E-state index contributed by atoms with van der Waals surface area (Å²) >= 11 is 0. The fraction of sp³-hybridized carbons (Fsp3) is 0.806. The molecule has 0 atom stereocenters. The number of ether oxygens (including phenoxy) is 3. The van der Waals surface area contributed by atoms with Crippen molar-refractivity contribution in [3.63, 3.8) is 0 Å². The number of hydrogen-bond donors (Lipinski definition) is 1. The highest BCUT2D eigenvalue weighted by molar-refractivity contribution is 5.93. The van der Waals surface area contributed by atoms with Crippen molar-refractivity contribution in [2.75, 3.05) is 26.7 Å². The SMILES string of the molecule is CCCCCCCCCCCOCOCNC(=O)c1ccc[n+](COCCCCCCCCCCC)c1.[Cl-]. The van der Waals surface area contributed by atoms with E-state index >= 15 is 0 Å². The Hall–Kier alpha value is -1.21. The summed E-state index contributed by atoms with van der Waals surface area (Å²) < 4.78 is 18.6. The second-order valence-corrected chi connectivity index (χ2v) is 10.2. The van der Waals surface area contributed by atoms with Gasteiger partial charge >= 0.3 is 0 Å². The molecule has 0 spiro atoms. The van der Waals surface area contributed by atoms with Gasteiger partial charge in [-0.05, 0) is 18.9 Å². The first-order chi connectivity index (χ1) is 18.3. The van der Waals surface area contributed by atoms with Crippen LogP contribution in [0.2, 0.25) is 0 Å². The monoisotopic (exact) mass is 556 g/mol. The quantitative estimate of drug-likeness (QED) is 0.0970. The van der Waals surface area contributed by atoms with Crippen LogP contribution in [0.15, 0.2) is 24.5 Å². The fourth-order valence-corrected chi connectivity index (χ4v) is 4.31. The Kier molecular flexibility index (Phi) is 27.9. The molecule has 0 aromatic carbocycles. The fourth-order valence-electron chi connectivity index (χ4n) is 4.31. The van der Waals surface area contributed by atoms with Crippen LogP contribution in [0.25, 0.3) is 0 Å². The zero-order chi connectivity index (χ0) is 26.7. The molecular weight excluding hydrogens is 500 g/mol. The Morgan fingerprint density at radius 1 is 0.711 bits per heavy atom. The van der Waals surface area contributed by atoms with Crippen LogP contribution < -0.4 is 22.3 Å². The highest BCUT2D eigenvalue weighted by Gasteiger charge is 2.10. The number of pyridine rings is 1. The topological polar surface area (TPSA) is 60.7 Å². The first kappa shape index (κ1) is 36.8. The number of aromatic nitrogens is 1. The molecule has 0 fully saturated rings. The summed E-state index contributed by atoms with van der Waals surface area (Å²) in [6, 6.07) is 3.67. The van der Waals surface area contributed by atoms with Crippen LogP contribution in [0.5, 0.6) is 0 Å². The molecule has 7 heteroatoms. The largest absolute Gasteiger partial charge is 1.00 e. The Morgan fingerprint density at radius 2 is 1.21 bits per heavy atom. The van der Waals surface area contributed by atoms with Gasteiger partial charge in [-0.1, -0.05) is 117 Å². The number of carbonyl (C=O) groups excluding carboxylic acids is 1. The van der Waals surface area contributed by atoms with Gasteiger partial charge in [0.25, 0.3) is 12.6 Å². The second-order valence-electron chi connectivity index (χ2n) is 10.2. The third-order valence-corrected chi connectivity index (χ3v) is 6.65. The smallest absolute Gasteiger partial charge is 0.259 e. The molecule has 0 unspecified atom stereocenters. The summed E-state index contributed by atoms with van der Waals surface area (Å²) in [6.07, 6.45) is 27.2. The van der Waals surface area contributed by atoms with Crippen molar-refractivity contribution in [3.8, 4) is 0 Å². The van der Waals surface area contributed by atoms with Crippen molar-refractivity contribution in [2.45, 2.75) is 136 Å². The van der Waals surface area contributed by atoms with Crippen LogP contribution in [0.4, 0.5) is 0 Å². The zero-order valence-corrected chi connectivity index (χ0v) is 25.3. The van der Waals surface area contributed by atoms with Crippen LogP contribution in [-0.4, -0.2) is 32.6 Å². The van der Waals surface area contributed by atoms with E-state index in [9.17, 15) is 4.79 Å². The van der Waals surface area contributed by atoms with Gasteiger partial charge in [0.05, 0.1) is 6.61 Å². The Balaban J connectivity index is 0.0000137. The number of amides is 1. The average molecular weight is 557 g/mol. The number of nitrogens with zero attached hydrogens (tertiary/aromatic N) is 1. The maximum atomic E-state index is 12.4. The summed E-state index contributed by atoms with van der Waals surface area (Å²) in [7, 11) is 0. The predicted octanol–water partition coefficient (Wildman–Crippen LogP) is 4.69. The van der Waals surface area contributed by atoms with E-state index in [0.29, 0.717) is 18.9 Å². The van der Waals surface area contributed by atoms with Crippen molar-refractivity contribution in [1.29, 1.82) is 0 Å². The number of halogens is 1. The van der Waals surface area contributed by atoms with Crippen molar-refractivity contribution < 1.29 is 36.0 Å². The summed E-state index contributed by atoms with van der Waals surface area (Å²) in [5.74, 6) is -0.160. The van der Waals surface area contributed by atoms with Gasteiger partial charge in [-0.15, -0.1) is 0 Å². The van der Waals surface area contributed by atoms with Gasteiger partial charge in [-0.25, -0.2) is 0 Å². The molecular formula is C31H57ClN2O4. The highest BCUT2D eigenvalue weighted by atomic mass is 35.5. The molecule has 1 aromatic heterocycles. The zero-order valence-electron chi connectivity index (χ0n) is 24.5. The summed E-state index contributed by atoms with van der Waals surface area (Å²) in [6.45, 7) is 6.79. The summed E-state index contributed by atoms with van der Waals surface area (Å²) in [5.41, 5.74) is 0.591. The third kappa shape index (κ3) is 22.7. The van der Waals surface area contributed by atoms with E-state index in [2.05, 4.69) is 19.2 Å². The highest BCUT2D eigenvalue weighted by Crippen LogP contribution is 2.10. The number of unbranched alkanes of at least 4 members (excludes halogenated alkanes) is 16. The molecule has 0 bridgehead atoms. The van der Waals surface area contributed by atoms with Gasteiger partial charge in [0.1, 0.15) is 19.1 Å². The van der Waals surface area contributed by atoms with Gasteiger partial charge < -0.3 is 31.9 Å². The number of nitrogens with one attached hydrogen (secondary N) is 1. The van der Waals surface area contributed by atoms with Gasteiger partial charge in [-0.2, -0.15) is 4.57 Å². The maximum absolute atomic E-state index is 12.4. The predicted molar refractivity (Wildman–Crippen MR) is 151 cm³/mol. The minimum atomic E-state index is -0.160. The van der Waals surface area contributed by atoms with Crippen LogP contribution >= 0.6 is 0 Å². The van der Waals surface area contributed by atoms with E-state index in [1.165, 1.54) is 103 Å². The molecule has 0 aliphatic carbocycles. The standard InChI is InChI=1S/C31H56N2O4.ClH/c1-3-5-7-9-11-13-15-17-19-24-35-28-33-23-21-22-30(26-33)31(34)32-27-37-29-36-25-20-18-16-14-12-10-8-6-4-2;/h21-23,26H,3-20,24-25,27-29H2,1-2H3;1H. The van der Waals surface area contributed by atoms with Crippen LogP contribution in [0.3, 0.4) is 0 Å². The molecule has 0 aliphatic rings. The van der Waals surface area contributed by atoms with Crippen molar-refractivity contribution in [3.05, 3.63) is 30.1 Å². The maximum Gasteiger partial charge on any atom is 0.259 e. The normalized spacial score (nSPS) is 10.9. The van der Waals surface area contributed by atoms with E-state index in [1.54, 1.807) is 6.07 Å². The molecule has 0 saturated carbocycles. The minimum absolute atomic E-state index is 0. The average Bonchev–Trinajstić information content (AvgIpc) is 2.92. The minimum Gasteiger partial charge on any atom is -1.00 e. The van der Waals surface area contributed by atoms with Crippen molar-refractivity contribution >= 4 is 5.91 Å². The van der Waals surface area contributed by atoms with E-state index in [1.807, 2.05) is 23.0 Å². The van der Waals surface area contributed by atoms with Crippen molar-refractivity contribution in [1.82, 2.24) is 5.32 Å². The number of hydrogen-bond acceptors (Lipinski definition) is 4. The molecule has 6 nitrogen and oxygen atoms in total. The first-order valence-corrected chi connectivity index (χ1v) is 15.3. The number of carbonyl (C=O) groups is 1. The third-order valence-electron chi connectivity index (χ3n) is 6.65. The number of rotatable bonds is 27. The van der Waals surface area contributed by atoms with Gasteiger partial charge in [0.2, 0.25) is 0 Å². The molecule has 0 aliphatic heterocycles. The van der Waals surface area contributed by atoms with Gasteiger partial charge in [-0.3, -0.25) is 4.79 Å². The van der Waals surface area contributed by atoms with Crippen LogP contribution in [0, 0.1) is 0 Å². The summed E-state index contributed by atoms with van der Waals surface area (Å²) in [4.78, 5) is 12.4. The lowest BCUT2D eigenvalue weighted by atomic mass is 10.1. The molecule has 222 valence electrons. The van der Waals surface area contributed by atoms with E-state index in [4.69, 9.17) is 14.2 Å². The molecule has 0 saturated heterocycles. The molecule has 1 heterocycles. The van der Waals surface area contributed by atoms with Crippen molar-refractivity contribution in [2.24, 2.45) is 0 Å². The Labute approximate surface area is 240 Å². The Morgan fingerprint density at radius 3 is 1.76 bits per heavy atom. The van der Waals surface area contributed by atoms with Crippen LogP contribution in [0.1, 0.15) is 140 Å². The summed E-state index contributed by atoms with van der Waals surface area (Å²) in [5, 5.41) is 2.78. The molecule has 38 heavy (non-hydrogen) atoms. The van der Waals surface area contributed by atoms with E-state index < -0.39 is 0 Å². The molecule has 1 aromatic rings. The van der Waals surface area contributed by atoms with E-state index in [0.717, 1.165) is 19.4 Å². The van der Waals surface area contributed by atoms with Gasteiger partial charge in [0.15, 0.2) is 12.4 Å². The lowest BCUT2D eigenvalue weighted by Gasteiger charge is -2.07. The molecule has 0 radical (unpaired) electrons. The van der Waals surface area contributed by atoms with Crippen LogP contribution in [-0.2, 0) is 20.9 Å². The molecule has 1 amide bonds. The Bertz CT molecular complexity index is 648. The van der Waals surface area contributed by atoms with E-state index in [-0.39, 0.29) is 31.8 Å². The van der Waals surface area contributed by atoms with Gasteiger partial charge in [0, 0.05) is 12.7 Å². The lowest BCUT2D eigenvalue weighted by molar-refractivity contribution is -0.732. The molecule has 1 rings (SSSR count). The second kappa shape index (κ2) is 28.8. The molecule has 1 N–H and O–H groups in total. The lowest BCUT2D eigenvalue weighted by Crippen LogP contribution is -3.00. The first-order valence-electron chi connectivity index (χ1n) is 15.3.